The minimum absolute atomic E-state index is 0.0759. The maximum atomic E-state index is 12.2. The smallest absolute Gasteiger partial charge is 0.343 e. The van der Waals surface area contributed by atoms with Crippen LogP contribution in [0.15, 0.2) is 66.7 Å². The lowest BCUT2D eigenvalue weighted by molar-refractivity contribution is 0.0694. The third-order valence-electron chi connectivity index (χ3n) is 3.81. The number of aromatic carboxylic acids is 1. The highest BCUT2D eigenvalue weighted by Gasteiger charge is 2.16. The Morgan fingerprint density at radius 2 is 1.58 bits per heavy atom. The number of carbonyl (C=O) groups is 2. The molecule has 0 unspecified atom stereocenters. The van der Waals surface area contributed by atoms with Crippen LogP contribution in [0.3, 0.4) is 0 Å². The summed E-state index contributed by atoms with van der Waals surface area (Å²) in [5.74, 6) is -1.35. The number of carboxylic acid groups (broad SMARTS) is 1. The van der Waals surface area contributed by atoms with Crippen molar-refractivity contribution < 1.29 is 19.4 Å². The summed E-state index contributed by atoms with van der Waals surface area (Å²) in [6.07, 6.45) is 0. The van der Waals surface area contributed by atoms with Gasteiger partial charge in [0.2, 0.25) is 0 Å². The second-order valence-electron chi connectivity index (χ2n) is 5.61. The number of esters is 1. The van der Waals surface area contributed by atoms with E-state index < -0.39 is 11.9 Å². The minimum Gasteiger partial charge on any atom is -0.478 e. The summed E-state index contributed by atoms with van der Waals surface area (Å²) >= 11 is 0. The van der Waals surface area contributed by atoms with Crippen LogP contribution in [0.25, 0.3) is 11.1 Å². The van der Waals surface area contributed by atoms with Gasteiger partial charge < -0.3 is 21.3 Å². The number of ether oxygens (including phenoxy) is 1. The Morgan fingerprint density at radius 3 is 2.27 bits per heavy atom. The van der Waals surface area contributed by atoms with Crippen LogP contribution in [0.4, 0.5) is 11.4 Å². The number of nitrogen functional groups attached to an aromatic ring is 2. The second-order valence-corrected chi connectivity index (χ2v) is 5.61. The fraction of sp³-hybridized carbons (Fsp3) is 0. The molecule has 6 heteroatoms. The number of benzene rings is 3. The lowest BCUT2D eigenvalue weighted by atomic mass is 9.97. The molecule has 0 fully saturated rings. The van der Waals surface area contributed by atoms with Gasteiger partial charge in [-0.2, -0.15) is 0 Å². The molecule has 3 rings (SSSR count). The van der Waals surface area contributed by atoms with Crippen molar-refractivity contribution >= 4 is 23.3 Å². The summed E-state index contributed by atoms with van der Waals surface area (Å²) in [7, 11) is 0. The Kier molecular flexibility index (Phi) is 4.57. The molecule has 5 N–H and O–H groups in total. The normalized spacial score (nSPS) is 10.3. The van der Waals surface area contributed by atoms with Gasteiger partial charge in [-0.05, 0) is 54.1 Å². The molecule has 0 aliphatic heterocycles. The van der Waals surface area contributed by atoms with E-state index in [1.54, 1.807) is 60.7 Å². The lowest BCUT2D eigenvalue weighted by Gasteiger charge is -2.11. The molecule has 0 atom stereocenters. The molecule has 0 aliphatic carbocycles. The van der Waals surface area contributed by atoms with Gasteiger partial charge in [0.05, 0.1) is 11.1 Å². The molecule has 3 aromatic carbocycles. The highest BCUT2D eigenvalue weighted by atomic mass is 16.5. The topological polar surface area (TPSA) is 116 Å². The fourth-order valence-electron chi connectivity index (χ4n) is 2.57. The van der Waals surface area contributed by atoms with Crippen LogP contribution in [0.5, 0.6) is 5.75 Å². The number of hydrogen-bond acceptors (Lipinski definition) is 5. The van der Waals surface area contributed by atoms with Crippen molar-refractivity contribution in [3.05, 3.63) is 77.9 Å². The predicted octanol–water partition coefficient (Wildman–Crippen LogP) is 3.44. The number of carbonyl (C=O) groups excluding carboxylic acids is 1. The average Bonchev–Trinajstić information content (AvgIpc) is 2.62. The molecular formula is C20H16N2O4. The first-order valence-electron chi connectivity index (χ1n) is 7.75. The predicted molar refractivity (Wildman–Crippen MR) is 99.1 cm³/mol. The van der Waals surface area contributed by atoms with Gasteiger partial charge in [0.25, 0.3) is 0 Å². The van der Waals surface area contributed by atoms with E-state index in [1.807, 2.05) is 0 Å². The van der Waals surface area contributed by atoms with Crippen LogP contribution in [0, 0.1) is 0 Å². The highest BCUT2D eigenvalue weighted by Crippen LogP contribution is 2.32. The van der Waals surface area contributed by atoms with Crippen molar-refractivity contribution in [3.63, 3.8) is 0 Å². The van der Waals surface area contributed by atoms with Crippen molar-refractivity contribution in [1.29, 1.82) is 0 Å². The van der Waals surface area contributed by atoms with Gasteiger partial charge in [0, 0.05) is 16.9 Å². The van der Waals surface area contributed by atoms with Crippen LogP contribution >= 0.6 is 0 Å². The van der Waals surface area contributed by atoms with Crippen LogP contribution in [0.1, 0.15) is 20.7 Å². The Balaban J connectivity index is 1.93. The number of carboxylic acids is 1. The molecule has 0 radical (unpaired) electrons. The SMILES string of the molecule is Nc1ccc(C(=O)Oc2cccc(-c3c(N)cccc3C(=O)O)c2)cc1. The number of anilines is 2. The zero-order valence-electron chi connectivity index (χ0n) is 13.7. The largest absolute Gasteiger partial charge is 0.478 e. The summed E-state index contributed by atoms with van der Waals surface area (Å²) in [6.45, 7) is 0. The van der Waals surface area contributed by atoms with Gasteiger partial charge in [0.15, 0.2) is 0 Å². The molecular weight excluding hydrogens is 332 g/mol. The summed E-state index contributed by atoms with van der Waals surface area (Å²) in [4.78, 5) is 23.7. The Morgan fingerprint density at radius 1 is 0.885 bits per heavy atom. The van der Waals surface area contributed by atoms with Crippen molar-refractivity contribution in [3.8, 4) is 16.9 Å². The molecule has 0 saturated heterocycles. The molecule has 26 heavy (non-hydrogen) atoms. The Bertz CT molecular complexity index is 981. The standard InChI is InChI=1S/C20H16N2O4/c21-14-9-7-12(8-10-14)20(25)26-15-4-1-3-13(11-15)18-16(19(23)24)5-2-6-17(18)22/h1-11H,21-22H2,(H,23,24). The van der Waals surface area contributed by atoms with E-state index in [4.69, 9.17) is 16.2 Å². The molecule has 0 bridgehead atoms. The Hall–Kier alpha value is -3.80. The van der Waals surface area contributed by atoms with Crippen molar-refractivity contribution in [2.24, 2.45) is 0 Å². The van der Waals surface area contributed by atoms with Gasteiger partial charge in [0.1, 0.15) is 5.75 Å². The fourth-order valence-corrected chi connectivity index (χ4v) is 2.57. The molecule has 130 valence electrons. The molecule has 0 aliphatic rings. The van der Waals surface area contributed by atoms with Crippen molar-refractivity contribution in [2.75, 3.05) is 11.5 Å². The van der Waals surface area contributed by atoms with Gasteiger partial charge in [-0.1, -0.05) is 18.2 Å². The summed E-state index contributed by atoms with van der Waals surface area (Å²) in [5, 5.41) is 9.39. The summed E-state index contributed by atoms with van der Waals surface area (Å²) in [6, 6.07) is 17.6. The van der Waals surface area contributed by atoms with Crippen molar-refractivity contribution in [1.82, 2.24) is 0 Å². The van der Waals surface area contributed by atoms with Crippen LogP contribution in [-0.2, 0) is 0 Å². The molecule has 0 saturated carbocycles. The van der Waals surface area contributed by atoms with Gasteiger partial charge >= 0.3 is 11.9 Å². The zero-order valence-corrected chi connectivity index (χ0v) is 13.7. The Labute approximate surface area is 149 Å². The second kappa shape index (κ2) is 6.98. The van der Waals surface area contributed by atoms with Crippen LogP contribution in [0.2, 0.25) is 0 Å². The summed E-state index contributed by atoms with van der Waals surface area (Å²) < 4.78 is 5.37. The molecule has 0 amide bonds. The average molecular weight is 348 g/mol. The van der Waals surface area contributed by atoms with Gasteiger partial charge in [-0.3, -0.25) is 0 Å². The van der Waals surface area contributed by atoms with Gasteiger partial charge in [-0.25, -0.2) is 9.59 Å². The maximum absolute atomic E-state index is 12.2. The van der Waals surface area contributed by atoms with E-state index in [1.165, 1.54) is 6.07 Å². The van der Waals surface area contributed by atoms with E-state index >= 15 is 0 Å². The lowest BCUT2D eigenvalue weighted by Crippen LogP contribution is -2.08. The number of hydrogen-bond donors (Lipinski definition) is 3. The first kappa shape index (κ1) is 17.0. The number of nitrogens with two attached hydrogens (primary N) is 2. The zero-order chi connectivity index (χ0) is 18.7. The first-order chi connectivity index (χ1) is 12.5. The third-order valence-corrected chi connectivity index (χ3v) is 3.81. The van der Waals surface area contributed by atoms with E-state index in [2.05, 4.69) is 0 Å². The molecule has 0 heterocycles. The number of rotatable bonds is 4. The van der Waals surface area contributed by atoms with Crippen LogP contribution in [-0.4, -0.2) is 17.0 Å². The molecule has 0 aromatic heterocycles. The van der Waals surface area contributed by atoms with Crippen molar-refractivity contribution in [2.45, 2.75) is 0 Å². The molecule has 3 aromatic rings. The monoisotopic (exact) mass is 348 g/mol. The third kappa shape index (κ3) is 3.49. The minimum atomic E-state index is -1.09. The maximum Gasteiger partial charge on any atom is 0.343 e. The quantitative estimate of drug-likeness (QED) is 0.378. The molecule has 0 spiro atoms. The van der Waals surface area contributed by atoms with E-state index in [0.29, 0.717) is 28.1 Å². The molecule has 6 nitrogen and oxygen atoms in total. The van der Waals surface area contributed by atoms with E-state index in [-0.39, 0.29) is 11.3 Å². The summed E-state index contributed by atoms with van der Waals surface area (Å²) in [5.41, 5.74) is 13.8. The first-order valence-corrected chi connectivity index (χ1v) is 7.75. The van der Waals surface area contributed by atoms with Crippen LogP contribution < -0.4 is 16.2 Å². The van der Waals surface area contributed by atoms with Gasteiger partial charge in [-0.15, -0.1) is 0 Å². The highest BCUT2D eigenvalue weighted by molar-refractivity contribution is 6.00. The van der Waals surface area contributed by atoms with E-state index in [0.717, 1.165) is 0 Å². The van der Waals surface area contributed by atoms with E-state index in [9.17, 15) is 14.7 Å².